The number of aromatic nitrogens is 5. The van der Waals surface area contributed by atoms with Crippen molar-refractivity contribution in [2.75, 3.05) is 23.7 Å². The molecule has 1 spiro atoms. The largest absolute Gasteiger partial charge is 0.390 e. The summed E-state index contributed by atoms with van der Waals surface area (Å²) in [5.41, 5.74) is 14.4. The SMILES string of the molecule is Cc1nc(N2CCC3(CC2)Cn2nccc2[C@H]3N)c(CO)nc1Sc1ccnc(N)c1F. The number of fused-ring (bicyclic) bond motifs is 1. The van der Waals surface area contributed by atoms with Gasteiger partial charge in [-0.3, -0.25) is 4.68 Å². The van der Waals surface area contributed by atoms with Crippen molar-refractivity contribution >= 4 is 23.4 Å². The average molecular weight is 457 g/mol. The summed E-state index contributed by atoms with van der Waals surface area (Å²) in [6, 6.07) is 3.52. The molecule has 1 saturated heterocycles. The van der Waals surface area contributed by atoms with Gasteiger partial charge in [-0.15, -0.1) is 0 Å². The second kappa shape index (κ2) is 7.98. The van der Waals surface area contributed by atoms with Gasteiger partial charge in [0.25, 0.3) is 0 Å². The van der Waals surface area contributed by atoms with Gasteiger partial charge in [0.1, 0.15) is 10.7 Å². The standard InChI is InChI=1S/C21H25FN8OS/c1-12-20(32-15-3-6-25-18(24)16(15)22)28-13(10-31)19(27-12)29-8-4-21(5-9-29)11-30-14(17(21)23)2-7-26-30/h2-3,6-7,17,31H,4-5,8-11,23H2,1H3,(H2,24,25)/t17-/m1/s1. The number of aliphatic hydroxyl groups is 1. The van der Waals surface area contributed by atoms with Gasteiger partial charge in [-0.2, -0.15) is 5.10 Å². The summed E-state index contributed by atoms with van der Waals surface area (Å²) in [5.74, 6) is -0.0698. The monoisotopic (exact) mass is 456 g/mol. The van der Waals surface area contributed by atoms with Crippen molar-refractivity contribution in [1.29, 1.82) is 0 Å². The predicted octanol–water partition coefficient (Wildman–Crippen LogP) is 2.04. The summed E-state index contributed by atoms with van der Waals surface area (Å²) in [4.78, 5) is 15.6. The molecule has 5 N–H and O–H groups in total. The van der Waals surface area contributed by atoms with E-state index in [-0.39, 0.29) is 23.9 Å². The molecule has 0 aliphatic carbocycles. The Balaban J connectivity index is 1.36. The molecule has 9 nitrogen and oxygen atoms in total. The van der Waals surface area contributed by atoms with Crippen LogP contribution in [0.5, 0.6) is 0 Å². The van der Waals surface area contributed by atoms with Crippen LogP contribution in [0.3, 0.4) is 0 Å². The van der Waals surface area contributed by atoms with Crippen LogP contribution in [0.2, 0.25) is 0 Å². The van der Waals surface area contributed by atoms with Gasteiger partial charge in [-0.25, -0.2) is 19.3 Å². The van der Waals surface area contributed by atoms with E-state index in [2.05, 4.69) is 20.0 Å². The summed E-state index contributed by atoms with van der Waals surface area (Å²) in [6.07, 6.45) is 5.06. The van der Waals surface area contributed by atoms with Crippen molar-refractivity contribution in [2.45, 2.75) is 48.9 Å². The Labute approximate surface area is 189 Å². The van der Waals surface area contributed by atoms with Crippen LogP contribution in [0, 0.1) is 18.2 Å². The van der Waals surface area contributed by atoms with Gasteiger partial charge in [0, 0.05) is 37.4 Å². The van der Waals surface area contributed by atoms with E-state index < -0.39 is 5.82 Å². The highest BCUT2D eigenvalue weighted by atomic mass is 32.2. The number of rotatable bonds is 4. The van der Waals surface area contributed by atoms with Gasteiger partial charge in [0.2, 0.25) is 0 Å². The highest BCUT2D eigenvalue weighted by Crippen LogP contribution is 2.48. The topological polar surface area (TPSA) is 132 Å². The van der Waals surface area contributed by atoms with Crippen LogP contribution in [-0.2, 0) is 13.2 Å². The zero-order chi connectivity index (χ0) is 22.5. The molecule has 0 amide bonds. The first-order chi connectivity index (χ1) is 15.4. The molecule has 11 heteroatoms. The number of hydrogen-bond acceptors (Lipinski definition) is 9. The highest BCUT2D eigenvalue weighted by Gasteiger charge is 2.47. The van der Waals surface area contributed by atoms with Gasteiger partial charge < -0.3 is 21.5 Å². The minimum Gasteiger partial charge on any atom is -0.390 e. The third kappa shape index (κ3) is 3.40. The Hall–Kier alpha value is -2.76. The molecule has 2 aliphatic heterocycles. The Morgan fingerprint density at radius 3 is 2.75 bits per heavy atom. The van der Waals surface area contributed by atoms with Crippen LogP contribution >= 0.6 is 11.8 Å². The van der Waals surface area contributed by atoms with E-state index in [1.807, 2.05) is 17.7 Å². The predicted molar refractivity (Wildman–Crippen MR) is 118 cm³/mol. The molecule has 32 heavy (non-hydrogen) atoms. The number of aliphatic hydroxyl groups excluding tert-OH is 1. The van der Waals surface area contributed by atoms with Crippen molar-refractivity contribution in [2.24, 2.45) is 11.1 Å². The smallest absolute Gasteiger partial charge is 0.179 e. The molecule has 3 aromatic rings. The van der Waals surface area contributed by atoms with E-state index in [4.69, 9.17) is 16.5 Å². The fraction of sp³-hybridized carbons (Fsp3) is 0.429. The maximum absolute atomic E-state index is 14.3. The highest BCUT2D eigenvalue weighted by molar-refractivity contribution is 7.99. The van der Waals surface area contributed by atoms with Crippen LogP contribution < -0.4 is 16.4 Å². The fourth-order valence-electron chi connectivity index (χ4n) is 4.69. The van der Waals surface area contributed by atoms with Crippen molar-refractivity contribution < 1.29 is 9.50 Å². The lowest BCUT2D eigenvalue weighted by atomic mass is 9.73. The van der Waals surface area contributed by atoms with E-state index in [1.54, 1.807) is 12.3 Å². The van der Waals surface area contributed by atoms with Gasteiger partial charge in [-0.05, 0) is 31.9 Å². The zero-order valence-corrected chi connectivity index (χ0v) is 18.5. The van der Waals surface area contributed by atoms with E-state index in [0.29, 0.717) is 27.1 Å². The molecule has 1 atom stereocenters. The van der Waals surface area contributed by atoms with Crippen LogP contribution in [0.15, 0.2) is 34.4 Å². The van der Waals surface area contributed by atoms with E-state index >= 15 is 0 Å². The lowest BCUT2D eigenvalue weighted by molar-refractivity contribution is 0.170. The van der Waals surface area contributed by atoms with Crippen molar-refractivity contribution in [3.8, 4) is 0 Å². The summed E-state index contributed by atoms with van der Waals surface area (Å²) in [5, 5.41) is 14.9. The normalized spacial score (nSPS) is 19.5. The second-order valence-electron chi connectivity index (χ2n) is 8.39. The maximum Gasteiger partial charge on any atom is 0.179 e. The molecular formula is C21H25FN8OS. The quantitative estimate of drug-likeness (QED) is 0.539. The molecule has 1 fully saturated rings. The lowest BCUT2D eigenvalue weighted by Gasteiger charge is -2.42. The number of nitrogens with zero attached hydrogens (tertiary/aromatic N) is 6. The molecule has 3 aromatic heterocycles. The Morgan fingerprint density at radius 2 is 2.03 bits per heavy atom. The van der Waals surface area contributed by atoms with E-state index in [1.165, 1.54) is 6.20 Å². The Morgan fingerprint density at radius 1 is 1.25 bits per heavy atom. The van der Waals surface area contributed by atoms with Gasteiger partial charge in [0.15, 0.2) is 17.5 Å². The fourth-order valence-corrected chi connectivity index (χ4v) is 5.57. The van der Waals surface area contributed by atoms with Gasteiger partial charge >= 0.3 is 0 Å². The number of nitrogen functional groups attached to an aromatic ring is 1. The van der Waals surface area contributed by atoms with E-state index in [0.717, 1.165) is 49.9 Å². The van der Waals surface area contributed by atoms with Gasteiger partial charge in [-0.1, -0.05) is 11.8 Å². The molecule has 0 unspecified atom stereocenters. The molecule has 0 saturated carbocycles. The minimum absolute atomic E-state index is 0.00343. The number of hydrogen-bond donors (Lipinski definition) is 3. The van der Waals surface area contributed by atoms with Gasteiger partial charge in [0.05, 0.1) is 28.9 Å². The maximum atomic E-state index is 14.3. The number of pyridine rings is 1. The lowest BCUT2D eigenvalue weighted by Crippen LogP contribution is -2.45. The van der Waals surface area contributed by atoms with Crippen LogP contribution in [0.1, 0.15) is 36.0 Å². The number of nitrogens with two attached hydrogens (primary N) is 2. The number of halogens is 1. The molecule has 0 radical (unpaired) electrons. The third-order valence-corrected chi connectivity index (χ3v) is 7.68. The minimum atomic E-state index is -0.581. The number of aryl methyl sites for hydroxylation is 1. The van der Waals surface area contributed by atoms with Crippen LogP contribution in [-0.4, -0.2) is 42.9 Å². The first kappa shape index (κ1) is 21.1. The summed E-state index contributed by atoms with van der Waals surface area (Å²) >= 11 is 1.12. The van der Waals surface area contributed by atoms with Crippen LogP contribution in [0.4, 0.5) is 16.0 Å². The Kier molecular flexibility index (Phi) is 5.26. The first-order valence-electron chi connectivity index (χ1n) is 10.5. The summed E-state index contributed by atoms with van der Waals surface area (Å²) < 4.78 is 16.3. The molecule has 0 aromatic carbocycles. The molecule has 2 aliphatic rings. The molecule has 5 rings (SSSR count). The molecule has 0 bridgehead atoms. The molecular weight excluding hydrogens is 431 g/mol. The number of anilines is 2. The van der Waals surface area contributed by atoms with Crippen molar-refractivity contribution in [1.82, 2.24) is 24.7 Å². The zero-order valence-electron chi connectivity index (χ0n) is 17.7. The third-order valence-electron chi connectivity index (χ3n) is 6.57. The van der Waals surface area contributed by atoms with Crippen LogP contribution in [0.25, 0.3) is 0 Å². The van der Waals surface area contributed by atoms with E-state index in [9.17, 15) is 9.50 Å². The molecule has 5 heterocycles. The number of piperidine rings is 1. The summed E-state index contributed by atoms with van der Waals surface area (Å²) in [6.45, 7) is 3.94. The second-order valence-corrected chi connectivity index (χ2v) is 9.42. The first-order valence-corrected chi connectivity index (χ1v) is 11.3. The molecule has 168 valence electrons. The Bertz CT molecular complexity index is 1160. The average Bonchev–Trinajstić information content (AvgIpc) is 3.34. The van der Waals surface area contributed by atoms with Crippen molar-refractivity contribution in [3.05, 3.63) is 47.4 Å². The summed E-state index contributed by atoms with van der Waals surface area (Å²) in [7, 11) is 0. The van der Waals surface area contributed by atoms with Crippen molar-refractivity contribution in [3.63, 3.8) is 0 Å².